The van der Waals surface area contributed by atoms with E-state index < -0.39 is 5.85 Å². The van der Waals surface area contributed by atoms with E-state index in [1.165, 1.54) is 6.08 Å². The molecule has 0 saturated heterocycles. The molecule has 0 aliphatic rings. The lowest BCUT2D eigenvalue weighted by atomic mass is 10.6. The third-order valence-electron chi connectivity index (χ3n) is 0.469. The molecule has 0 atom stereocenters. The summed E-state index contributed by atoms with van der Waals surface area (Å²) in [6.07, 6.45) is 1.30. The highest BCUT2D eigenvalue weighted by molar-refractivity contribution is 8.10. The molecule has 9 heavy (non-hydrogen) atoms. The minimum atomic E-state index is -3.16. The number of hydrogen-bond donors (Lipinski definition) is 0. The van der Waals surface area contributed by atoms with Gasteiger partial charge in [0.05, 0.1) is 0 Å². The monoisotopic (exact) mass is 204 g/mol. The summed E-state index contributed by atoms with van der Waals surface area (Å²) in [7, 11) is 0. The van der Waals surface area contributed by atoms with E-state index in [4.69, 9.17) is 34.1 Å². The van der Waals surface area contributed by atoms with E-state index in [1.54, 1.807) is 0 Å². The number of halogens is 3. The van der Waals surface area contributed by atoms with Crippen molar-refractivity contribution in [2.24, 2.45) is 0 Å². The Labute approximate surface area is 68.2 Å². The van der Waals surface area contributed by atoms with Crippen molar-refractivity contribution in [3.63, 3.8) is 0 Å². The Bertz CT molecular complexity index is 180. The molecular weight excluding hydrogens is 201 g/mol. The first-order valence-electron chi connectivity index (χ1n) is 1.95. The zero-order chi connectivity index (χ0) is 7.49. The van der Waals surface area contributed by atoms with Crippen LogP contribution in [0.5, 0.6) is 0 Å². The standard InChI is InChI=1S/C4H4Cl3OP/c1-2-4(5)3-9(6,7)8/h2-3H,1H2. The van der Waals surface area contributed by atoms with Crippen molar-refractivity contribution in [3.8, 4) is 0 Å². The van der Waals surface area contributed by atoms with Crippen LogP contribution in [-0.2, 0) is 4.57 Å². The molecule has 0 fully saturated rings. The Morgan fingerprint density at radius 1 is 1.56 bits per heavy atom. The molecule has 0 aromatic rings. The average molecular weight is 205 g/mol. The van der Waals surface area contributed by atoms with Gasteiger partial charge in [-0.2, -0.15) is 0 Å². The van der Waals surface area contributed by atoms with Crippen LogP contribution in [0.4, 0.5) is 0 Å². The predicted molar refractivity (Wildman–Crippen MR) is 43.4 cm³/mol. The van der Waals surface area contributed by atoms with E-state index >= 15 is 0 Å². The summed E-state index contributed by atoms with van der Waals surface area (Å²) in [5, 5.41) is 0.198. The van der Waals surface area contributed by atoms with Gasteiger partial charge >= 0.3 is 0 Å². The van der Waals surface area contributed by atoms with Crippen LogP contribution in [0.2, 0.25) is 0 Å². The molecule has 0 spiro atoms. The largest absolute Gasteiger partial charge is 0.285 e. The maximum absolute atomic E-state index is 10.5. The van der Waals surface area contributed by atoms with Crippen molar-refractivity contribution in [3.05, 3.63) is 23.5 Å². The van der Waals surface area contributed by atoms with Crippen molar-refractivity contribution < 1.29 is 4.57 Å². The van der Waals surface area contributed by atoms with E-state index in [1.807, 2.05) is 0 Å². The summed E-state index contributed by atoms with van der Waals surface area (Å²) in [4.78, 5) is 0. The molecule has 52 valence electrons. The summed E-state index contributed by atoms with van der Waals surface area (Å²) in [5.41, 5.74) is 0. The molecule has 5 heteroatoms. The fourth-order valence-corrected chi connectivity index (χ4v) is 1.93. The van der Waals surface area contributed by atoms with E-state index in [0.717, 1.165) is 5.82 Å². The van der Waals surface area contributed by atoms with Crippen LogP contribution in [0.25, 0.3) is 0 Å². The highest BCUT2D eigenvalue weighted by Crippen LogP contribution is 2.59. The number of allylic oxidation sites excluding steroid dienone is 2. The van der Waals surface area contributed by atoms with Crippen LogP contribution in [0.15, 0.2) is 23.5 Å². The van der Waals surface area contributed by atoms with E-state index in [9.17, 15) is 4.57 Å². The minimum Gasteiger partial charge on any atom is -0.285 e. The average Bonchev–Trinajstić information content (AvgIpc) is 1.62. The number of rotatable bonds is 2. The first-order valence-corrected chi connectivity index (χ1v) is 5.92. The molecule has 0 amide bonds. The van der Waals surface area contributed by atoms with Crippen LogP contribution < -0.4 is 0 Å². The van der Waals surface area contributed by atoms with Gasteiger partial charge in [0.15, 0.2) is 0 Å². The molecule has 0 rings (SSSR count). The van der Waals surface area contributed by atoms with Crippen molar-refractivity contribution in [2.75, 3.05) is 0 Å². The van der Waals surface area contributed by atoms with Crippen molar-refractivity contribution in [1.29, 1.82) is 0 Å². The van der Waals surface area contributed by atoms with Gasteiger partial charge in [0.2, 0.25) is 0 Å². The topological polar surface area (TPSA) is 17.1 Å². The van der Waals surface area contributed by atoms with Crippen LogP contribution in [0.3, 0.4) is 0 Å². The number of hydrogen-bond acceptors (Lipinski definition) is 1. The third kappa shape index (κ3) is 6.47. The van der Waals surface area contributed by atoms with Crippen LogP contribution in [-0.4, -0.2) is 0 Å². The second kappa shape index (κ2) is 3.68. The highest BCUT2D eigenvalue weighted by Gasteiger charge is 2.08. The highest BCUT2D eigenvalue weighted by atomic mass is 35.9. The molecule has 1 nitrogen and oxygen atoms in total. The molecule has 0 aromatic heterocycles. The summed E-state index contributed by atoms with van der Waals surface area (Å²) in [6.45, 7) is 3.31. The lowest BCUT2D eigenvalue weighted by molar-refractivity contribution is 0.597. The predicted octanol–water partition coefficient (Wildman–Crippen LogP) is 3.92. The zero-order valence-electron chi connectivity index (χ0n) is 4.35. The third-order valence-corrected chi connectivity index (χ3v) is 2.05. The Balaban J connectivity index is 4.30. The maximum Gasteiger partial charge on any atom is 0.276 e. The van der Waals surface area contributed by atoms with Gasteiger partial charge in [-0.1, -0.05) is 24.3 Å². The van der Waals surface area contributed by atoms with Gasteiger partial charge in [-0.3, -0.25) is 4.57 Å². The summed E-state index contributed by atoms with van der Waals surface area (Å²) in [6, 6.07) is 0. The van der Waals surface area contributed by atoms with Crippen molar-refractivity contribution in [2.45, 2.75) is 0 Å². The summed E-state index contributed by atoms with van der Waals surface area (Å²) >= 11 is 15.6. The van der Waals surface area contributed by atoms with Crippen molar-refractivity contribution in [1.82, 2.24) is 0 Å². The minimum absolute atomic E-state index is 0.198. The quantitative estimate of drug-likeness (QED) is 0.493. The maximum atomic E-state index is 10.5. The van der Waals surface area contributed by atoms with Gasteiger partial charge in [0.25, 0.3) is 5.85 Å². The first-order chi connectivity index (χ1) is 3.95. The Morgan fingerprint density at radius 2 is 2.00 bits per heavy atom. The summed E-state index contributed by atoms with van der Waals surface area (Å²) < 4.78 is 10.5. The van der Waals surface area contributed by atoms with Gasteiger partial charge in [-0.25, -0.2) is 0 Å². The lowest BCUT2D eigenvalue weighted by Gasteiger charge is -1.90. The molecule has 0 radical (unpaired) electrons. The van der Waals surface area contributed by atoms with E-state index in [0.29, 0.717) is 0 Å². The second-order valence-corrected chi connectivity index (χ2v) is 6.45. The lowest BCUT2D eigenvalue weighted by Crippen LogP contribution is -1.56. The molecule has 0 aliphatic heterocycles. The van der Waals surface area contributed by atoms with Gasteiger partial charge in [-0.05, 0) is 22.5 Å². The second-order valence-electron chi connectivity index (χ2n) is 1.22. The first kappa shape index (κ1) is 9.58. The molecule has 0 N–H and O–H groups in total. The Hall–Kier alpha value is 0.580. The van der Waals surface area contributed by atoms with Crippen LogP contribution in [0, 0.1) is 0 Å². The van der Waals surface area contributed by atoms with E-state index in [2.05, 4.69) is 6.58 Å². The molecule has 0 heterocycles. The molecule has 0 bridgehead atoms. The van der Waals surface area contributed by atoms with E-state index in [-0.39, 0.29) is 5.03 Å². The SMILES string of the molecule is C=CC(Cl)=CP(=O)(Cl)Cl. The van der Waals surface area contributed by atoms with Crippen LogP contribution in [0.1, 0.15) is 0 Å². The normalized spacial score (nSPS) is 13.4. The molecular formula is C4H4Cl3OP. The van der Waals surface area contributed by atoms with Crippen molar-refractivity contribution >= 4 is 39.9 Å². The van der Waals surface area contributed by atoms with Gasteiger partial charge in [0, 0.05) is 10.8 Å². The van der Waals surface area contributed by atoms with Gasteiger partial charge in [-0.15, -0.1) is 0 Å². The fourth-order valence-electron chi connectivity index (χ4n) is 0.196. The Kier molecular flexibility index (Phi) is 3.91. The fraction of sp³-hybridized carbons (Fsp3) is 0. The van der Waals surface area contributed by atoms with Gasteiger partial charge < -0.3 is 0 Å². The molecule has 0 unspecified atom stereocenters. The summed E-state index contributed by atoms with van der Waals surface area (Å²) in [5.74, 6) is -2.10. The smallest absolute Gasteiger partial charge is 0.276 e. The van der Waals surface area contributed by atoms with Gasteiger partial charge in [0.1, 0.15) is 0 Å². The Morgan fingerprint density at radius 3 is 2.11 bits per heavy atom. The molecule has 0 aliphatic carbocycles. The molecule has 0 aromatic carbocycles. The zero-order valence-corrected chi connectivity index (χ0v) is 7.51. The molecule has 0 saturated carbocycles. The van der Waals surface area contributed by atoms with Crippen LogP contribution >= 0.6 is 39.9 Å².